The molecule has 0 spiro atoms. The van der Waals surface area contributed by atoms with Crippen LogP contribution in [-0.2, 0) is 26.5 Å². The molecule has 1 amide bonds. The quantitative estimate of drug-likeness (QED) is 0.855. The van der Waals surface area contributed by atoms with Gasteiger partial charge in [-0.1, -0.05) is 6.07 Å². The molecule has 1 N–H and O–H groups in total. The first-order valence-electron chi connectivity index (χ1n) is 7.92. The van der Waals surface area contributed by atoms with E-state index in [0.29, 0.717) is 19.0 Å². The van der Waals surface area contributed by atoms with E-state index in [2.05, 4.69) is 10.3 Å². The van der Waals surface area contributed by atoms with Crippen LogP contribution < -0.4 is 5.32 Å². The van der Waals surface area contributed by atoms with Gasteiger partial charge in [-0.3, -0.25) is 9.00 Å². The summed E-state index contributed by atoms with van der Waals surface area (Å²) in [6.07, 6.45) is -3.01. The summed E-state index contributed by atoms with van der Waals surface area (Å²) in [4.78, 5) is 15.8. The summed E-state index contributed by atoms with van der Waals surface area (Å²) in [7, 11) is -1.47. The number of carbonyl (C=O) groups is 1. The Labute approximate surface area is 146 Å². The monoisotopic (exact) mass is 378 g/mol. The van der Waals surface area contributed by atoms with Crippen molar-refractivity contribution in [1.82, 2.24) is 4.98 Å². The summed E-state index contributed by atoms with van der Waals surface area (Å²) < 4.78 is 54.7. The lowest BCUT2D eigenvalue weighted by Crippen LogP contribution is -2.43. The van der Waals surface area contributed by atoms with Crippen LogP contribution in [0.3, 0.4) is 0 Å². The molecule has 1 aromatic heterocycles. The van der Waals surface area contributed by atoms with Crippen molar-refractivity contribution in [2.24, 2.45) is 5.92 Å². The van der Waals surface area contributed by atoms with Crippen molar-refractivity contribution in [1.29, 1.82) is 0 Å². The van der Waals surface area contributed by atoms with Crippen LogP contribution in [0.4, 0.5) is 19.0 Å². The molecular formula is C16H21F3N2O3S. The van der Waals surface area contributed by atoms with Crippen molar-refractivity contribution in [2.75, 3.05) is 24.3 Å². The molecule has 9 heteroatoms. The maximum Gasteiger partial charge on any atom is 0.433 e. The SMILES string of the molecule is CC(C)(C(=O)Nc1cccc(C(F)(F)F)n1)S(=O)CC1CCOCC1. The molecule has 0 bridgehead atoms. The van der Waals surface area contributed by atoms with Crippen molar-refractivity contribution in [3.63, 3.8) is 0 Å². The summed E-state index contributed by atoms with van der Waals surface area (Å²) in [6, 6.07) is 3.26. The van der Waals surface area contributed by atoms with Crippen LogP contribution >= 0.6 is 0 Å². The first-order chi connectivity index (χ1) is 11.6. The molecule has 1 fully saturated rings. The molecule has 0 saturated carbocycles. The van der Waals surface area contributed by atoms with Gasteiger partial charge in [-0.15, -0.1) is 0 Å². The number of rotatable bonds is 5. The second-order valence-electron chi connectivity index (χ2n) is 6.44. The fourth-order valence-corrected chi connectivity index (χ4v) is 3.80. The van der Waals surface area contributed by atoms with Crippen molar-refractivity contribution < 1.29 is 26.9 Å². The number of pyridine rings is 1. The number of amides is 1. The van der Waals surface area contributed by atoms with Crippen molar-refractivity contribution in [3.8, 4) is 0 Å². The van der Waals surface area contributed by atoms with Gasteiger partial charge in [-0.25, -0.2) is 4.98 Å². The Morgan fingerprint density at radius 1 is 1.32 bits per heavy atom. The van der Waals surface area contributed by atoms with Crippen LogP contribution in [0.5, 0.6) is 0 Å². The van der Waals surface area contributed by atoms with Gasteiger partial charge in [0.05, 0.1) is 0 Å². The van der Waals surface area contributed by atoms with Crippen LogP contribution in [0.25, 0.3) is 0 Å². The number of nitrogens with one attached hydrogen (secondary N) is 1. The third-order valence-corrected chi connectivity index (χ3v) is 6.22. The number of nitrogens with zero attached hydrogens (tertiary/aromatic N) is 1. The minimum Gasteiger partial charge on any atom is -0.381 e. The number of anilines is 1. The maximum absolute atomic E-state index is 12.7. The summed E-state index contributed by atoms with van der Waals surface area (Å²) in [6.45, 7) is 4.27. The van der Waals surface area contributed by atoms with Crippen LogP contribution in [0.15, 0.2) is 18.2 Å². The van der Waals surface area contributed by atoms with E-state index in [4.69, 9.17) is 4.74 Å². The molecule has 0 aromatic carbocycles. The Morgan fingerprint density at radius 2 is 1.96 bits per heavy atom. The zero-order chi connectivity index (χ0) is 18.7. The fourth-order valence-electron chi connectivity index (χ4n) is 2.37. The van der Waals surface area contributed by atoms with Gasteiger partial charge in [0.15, 0.2) is 0 Å². The molecule has 0 aliphatic carbocycles. The van der Waals surface area contributed by atoms with Gasteiger partial charge in [0.25, 0.3) is 0 Å². The third kappa shape index (κ3) is 5.24. The van der Waals surface area contributed by atoms with E-state index in [9.17, 15) is 22.2 Å². The number of halogens is 3. The first kappa shape index (κ1) is 19.8. The smallest absolute Gasteiger partial charge is 0.381 e. The molecule has 140 valence electrons. The van der Waals surface area contributed by atoms with Gasteiger partial charge in [0, 0.05) is 29.8 Å². The lowest BCUT2D eigenvalue weighted by atomic mass is 10.0. The van der Waals surface area contributed by atoms with Gasteiger partial charge < -0.3 is 10.1 Å². The van der Waals surface area contributed by atoms with Crippen LogP contribution in [-0.4, -0.2) is 38.8 Å². The van der Waals surface area contributed by atoms with E-state index in [1.165, 1.54) is 19.9 Å². The summed E-state index contributed by atoms with van der Waals surface area (Å²) in [5, 5.41) is 2.35. The van der Waals surface area contributed by atoms with Gasteiger partial charge in [-0.05, 0) is 44.7 Å². The highest BCUT2D eigenvalue weighted by Crippen LogP contribution is 2.28. The van der Waals surface area contributed by atoms with Crippen LogP contribution in [0.1, 0.15) is 32.4 Å². The number of carbonyl (C=O) groups excluding carboxylic acids is 1. The normalized spacial score (nSPS) is 18.0. The average Bonchev–Trinajstić information content (AvgIpc) is 2.55. The zero-order valence-corrected chi connectivity index (χ0v) is 14.9. The molecule has 25 heavy (non-hydrogen) atoms. The average molecular weight is 378 g/mol. The molecule has 1 aromatic rings. The molecule has 1 saturated heterocycles. The highest BCUT2D eigenvalue weighted by atomic mass is 32.2. The largest absolute Gasteiger partial charge is 0.433 e. The summed E-state index contributed by atoms with van der Waals surface area (Å²) >= 11 is 0. The van der Waals surface area contributed by atoms with Gasteiger partial charge in [0.2, 0.25) is 5.91 Å². The molecule has 2 heterocycles. The number of hydrogen-bond acceptors (Lipinski definition) is 4. The minimum absolute atomic E-state index is 0.212. The molecule has 5 nitrogen and oxygen atoms in total. The first-order valence-corrected chi connectivity index (χ1v) is 9.24. The van der Waals surface area contributed by atoms with E-state index in [-0.39, 0.29) is 11.7 Å². The zero-order valence-electron chi connectivity index (χ0n) is 14.1. The topological polar surface area (TPSA) is 68.3 Å². The molecular weight excluding hydrogens is 357 g/mol. The van der Waals surface area contributed by atoms with E-state index >= 15 is 0 Å². The van der Waals surface area contributed by atoms with Gasteiger partial charge in [-0.2, -0.15) is 13.2 Å². The van der Waals surface area contributed by atoms with Crippen LogP contribution in [0.2, 0.25) is 0 Å². The molecule has 2 rings (SSSR count). The number of ether oxygens (including phenoxy) is 1. The lowest BCUT2D eigenvalue weighted by Gasteiger charge is -2.27. The third-order valence-electron chi connectivity index (χ3n) is 4.13. The highest BCUT2D eigenvalue weighted by Gasteiger charge is 2.37. The number of hydrogen-bond donors (Lipinski definition) is 1. The molecule has 1 aliphatic heterocycles. The molecule has 1 unspecified atom stereocenters. The van der Waals surface area contributed by atoms with Crippen molar-refractivity contribution in [2.45, 2.75) is 37.6 Å². The number of alkyl halides is 3. The minimum atomic E-state index is -4.60. The predicted molar refractivity (Wildman–Crippen MR) is 88.5 cm³/mol. The summed E-state index contributed by atoms with van der Waals surface area (Å²) in [5.41, 5.74) is -1.09. The lowest BCUT2D eigenvalue weighted by molar-refractivity contribution is -0.141. The second kappa shape index (κ2) is 7.82. The second-order valence-corrected chi connectivity index (χ2v) is 8.48. The molecule has 1 aliphatic rings. The number of aromatic nitrogens is 1. The maximum atomic E-state index is 12.7. The van der Waals surface area contributed by atoms with E-state index in [0.717, 1.165) is 25.0 Å². The predicted octanol–water partition coefficient (Wildman–Crippen LogP) is 2.99. The molecule has 0 radical (unpaired) electrons. The standard InChI is InChI=1S/C16H21F3N2O3S/c1-15(2,25(23)10-11-6-8-24-9-7-11)14(22)21-13-5-3-4-12(20-13)16(17,18)19/h3-5,11H,6-10H2,1-2H3,(H,20,21,22). The van der Waals surface area contributed by atoms with Crippen molar-refractivity contribution in [3.05, 3.63) is 23.9 Å². The van der Waals surface area contributed by atoms with E-state index in [1.54, 1.807) is 0 Å². The van der Waals surface area contributed by atoms with E-state index in [1.807, 2.05) is 0 Å². The Morgan fingerprint density at radius 3 is 2.56 bits per heavy atom. The van der Waals surface area contributed by atoms with Gasteiger partial charge >= 0.3 is 6.18 Å². The Balaban J connectivity index is 2.04. The van der Waals surface area contributed by atoms with E-state index < -0.39 is 33.3 Å². The summed E-state index contributed by atoms with van der Waals surface area (Å²) in [5.74, 6) is -0.256. The molecule has 1 atom stereocenters. The van der Waals surface area contributed by atoms with Crippen molar-refractivity contribution >= 4 is 22.5 Å². The highest BCUT2D eigenvalue weighted by molar-refractivity contribution is 7.87. The van der Waals surface area contributed by atoms with Crippen LogP contribution in [0, 0.1) is 5.92 Å². The Bertz CT molecular complexity index is 644. The fraction of sp³-hybridized carbons (Fsp3) is 0.625. The van der Waals surface area contributed by atoms with Gasteiger partial charge in [0.1, 0.15) is 16.3 Å². The Kier molecular flexibility index (Phi) is 6.21. The Hall–Kier alpha value is -1.48.